The molecule has 1 aliphatic rings. The monoisotopic (exact) mass is 512 g/mol. The van der Waals surface area contributed by atoms with Gasteiger partial charge < -0.3 is 24.8 Å². The number of rotatable bonds is 20. The average molecular weight is 513 g/mol. The molecule has 0 spiro atoms. The van der Waals surface area contributed by atoms with Crippen molar-refractivity contribution in [2.45, 2.75) is 134 Å². The topological polar surface area (TPSA) is 143 Å². The van der Waals surface area contributed by atoms with E-state index in [2.05, 4.69) is 18.0 Å². The summed E-state index contributed by atoms with van der Waals surface area (Å²) in [7, 11) is -4.73. The fourth-order valence-electron chi connectivity index (χ4n) is 4.31. The zero-order valence-corrected chi connectivity index (χ0v) is 21.8. The predicted molar refractivity (Wildman–Crippen MR) is 130 cm³/mol. The fraction of sp³-hybridized carbons (Fsp3) is 1.00. The number of ether oxygens (including phenoxy) is 2. The first kappa shape index (κ1) is 31.7. The maximum absolute atomic E-state index is 10.8. The average Bonchev–Trinajstić information content (AvgIpc) is 2.79. The molecule has 1 aliphatic heterocycles. The molecule has 0 aromatic heterocycles. The highest BCUT2D eigenvalue weighted by atomic mass is 32.3. The second kappa shape index (κ2) is 18.0. The number of hydrogen-bond acceptors (Lipinski definition) is 8. The summed E-state index contributed by atoms with van der Waals surface area (Å²) >= 11 is 0. The van der Waals surface area contributed by atoms with Crippen molar-refractivity contribution in [1.82, 2.24) is 0 Å². The summed E-state index contributed by atoms with van der Waals surface area (Å²) in [5.74, 6) is 0.282. The molecule has 1 unspecified atom stereocenters. The molecule has 0 bridgehead atoms. The first-order chi connectivity index (χ1) is 16.2. The number of hydrogen-bond donors (Lipinski definition) is 4. The van der Waals surface area contributed by atoms with E-state index in [0.29, 0.717) is 6.61 Å². The van der Waals surface area contributed by atoms with E-state index in [-0.39, 0.29) is 5.92 Å². The van der Waals surface area contributed by atoms with Gasteiger partial charge in [-0.1, -0.05) is 90.9 Å². The molecule has 204 valence electrons. The molecule has 1 fully saturated rings. The first-order valence-corrected chi connectivity index (χ1v) is 14.5. The van der Waals surface area contributed by atoms with Crippen molar-refractivity contribution in [3.05, 3.63) is 0 Å². The van der Waals surface area contributed by atoms with E-state index in [9.17, 15) is 23.7 Å². The van der Waals surface area contributed by atoms with Crippen LogP contribution in [0, 0.1) is 5.92 Å². The van der Waals surface area contributed by atoms with Gasteiger partial charge in [0.1, 0.15) is 24.4 Å². The molecule has 4 N–H and O–H groups in total. The highest BCUT2D eigenvalue weighted by Gasteiger charge is 2.45. The van der Waals surface area contributed by atoms with Crippen molar-refractivity contribution >= 4 is 10.4 Å². The van der Waals surface area contributed by atoms with Gasteiger partial charge in [-0.05, 0) is 18.8 Å². The van der Waals surface area contributed by atoms with Crippen LogP contribution in [0.4, 0.5) is 0 Å². The van der Waals surface area contributed by atoms with Crippen molar-refractivity contribution in [2.75, 3.05) is 13.2 Å². The smallest absolute Gasteiger partial charge is 0.387 e. The first-order valence-electron chi connectivity index (χ1n) is 13.1. The predicted octanol–water partition coefficient (Wildman–Crippen LogP) is 3.75. The van der Waals surface area contributed by atoms with Crippen molar-refractivity contribution in [3.8, 4) is 0 Å². The highest BCUT2D eigenvalue weighted by Crippen LogP contribution is 2.25. The minimum atomic E-state index is -4.73. The van der Waals surface area contributed by atoms with Gasteiger partial charge in [-0.3, -0.25) is 4.55 Å². The molecule has 0 aliphatic carbocycles. The van der Waals surface area contributed by atoms with Crippen LogP contribution in [0.1, 0.15) is 104 Å². The quantitative estimate of drug-likeness (QED) is 0.142. The molecular formula is C24H48O9S. The van der Waals surface area contributed by atoms with E-state index in [4.69, 9.17) is 14.0 Å². The van der Waals surface area contributed by atoms with Crippen LogP contribution in [0.15, 0.2) is 0 Å². The number of aliphatic hydroxyl groups is 3. The lowest BCUT2D eigenvalue weighted by atomic mass is 9.94. The summed E-state index contributed by atoms with van der Waals surface area (Å²) in [6.07, 6.45) is 9.34. The van der Waals surface area contributed by atoms with Crippen LogP contribution in [-0.4, -0.2) is 72.2 Å². The summed E-state index contributed by atoms with van der Waals surface area (Å²) in [5.41, 5.74) is 0. The van der Waals surface area contributed by atoms with Crippen molar-refractivity contribution in [2.24, 2.45) is 5.92 Å². The Morgan fingerprint density at radius 3 is 1.76 bits per heavy atom. The number of unbranched alkanes of at least 4 members (excludes halogenated alkanes) is 10. The van der Waals surface area contributed by atoms with Gasteiger partial charge in [0.15, 0.2) is 6.29 Å². The Hall–Kier alpha value is -0.330. The van der Waals surface area contributed by atoms with E-state index in [1.54, 1.807) is 0 Å². The van der Waals surface area contributed by atoms with Gasteiger partial charge in [-0.25, -0.2) is 4.18 Å². The van der Waals surface area contributed by atoms with E-state index < -0.39 is 47.7 Å². The van der Waals surface area contributed by atoms with Crippen molar-refractivity contribution in [3.63, 3.8) is 0 Å². The zero-order chi connectivity index (χ0) is 25.4. The Morgan fingerprint density at radius 1 is 0.765 bits per heavy atom. The molecule has 34 heavy (non-hydrogen) atoms. The van der Waals surface area contributed by atoms with Crippen molar-refractivity contribution < 1.29 is 41.9 Å². The molecule has 9 nitrogen and oxygen atoms in total. The molecule has 1 rings (SSSR count). The second-order valence-electron chi connectivity index (χ2n) is 9.54. The van der Waals surface area contributed by atoms with E-state index in [1.807, 2.05) is 0 Å². The molecule has 6 atom stereocenters. The lowest BCUT2D eigenvalue weighted by Crippen LogP contribution is -2.59. The molecule has 0 aromatic rings. The lowest BCUT2D eigenvalue weighted by molar-refractivity contribution is -0.302. The molecule has 1 heterocycles. The maximum Gasteiger partial charge on any atom is 0.397 e. The van der Waals surface area contributed by atoms with Crippen LogP contribution < -0.4 is 0 Å². The van der Waals surface area contributed by atoms with Gasteiger partial charge in [0, 0.05) is 0 Å². The Morgan fingerprint density at radius 2 is 1.26 bits per heavy atom. The molecule has 0 amide bonds. The van der Waals surface area contributed by atoms with Gasteiger partial charge in [-0.15, -0.1) is 0 Å². The summed E-state index contributed by atoms with van der Waals surface area (Å²) in [6.45, 7) is 4.02. The maximum atomic E-state index is 10.8. The third kappa shape index (κ3) is 13.7. The summed E-state index contributed by atoms with van der Waals surface area (Å²) in [5, 5.41) is 30.5. The van der Waals surface area contributed by atoms with E-state index in [0.717, 1.165) is 25.7 Å². The third-order valence-electron chi connectivity index (χ3n) is 6.48. The summed E-state index contributed by atoms with van der Waals surface area (Å²) in [4.78, 5) is 0. The molecule has 0 aromatic carbocycles. The molecule has 10 heteroatoms. The van der Waals surface area contributed by atoms with E-state index in [1.165, 1.54) is 64.2 Å². The molecular weight excluding hydrogens is 464 g/mol. The standard InChI is InChI=1S/C24H48O9S/c1-3-5-7-9-10-12-14-16-19(15-13-11-8-6-4-2)17-31-24-23(27)22(26)21(25)20(33-24)18-32-34(28,29)30/h19-27H,3-18H2,1-2H3,(H,28,29,30)/t19?,20-,21-,22+,23-,24-/m1/s1. The Kier molecular flexibility index (Phi) is 16.8. The summed E-state index contributed by atoms with van der Waals surface area (Å²) in [6, 6.07) is 0. The zero-order valence-electron chi connectivity index (χ0n) is 21.0. The van der Waals surface area contributed by atoms with Gasteiger partial charge in [0.25, 0.3) is 0 Å². The van der Waals surface area contributed by atoms with Crippen LogP contribution in [0.2, 0.25) is 0 Å². The molecule has 0 radical (unpaired) electrons. The van der Waals surface area contributed by atoms with Gasteiger partial charge in [0.2, 0.25) is 0 Å². The Balaban J connectivity index is 2.56. The van der Waals surface area contributed by atoms with Gasteiger partial charge in [0.05, 0.1) is 13.2 Å². The van der Waals surface area contributed by atoms with Crippen molar-refractivity contribution in [1.29, 1.82) is 0 Å². The second-order valence-corrected chi connectivity index (χ2v) is 10.6. The van der Waals surface area contributed by atoms with Crippen LogP contribution in [0.5, 0.6) is 0 Å². The fourth-order valence-corrected chi connectivity index (χ4v) is 4.62. The molecule has 0 saturated carbocycles. The van der Waals surface area contributed by atoms with Crippen LogP contribution in [-0.2, 0) is 24.1 Å². The SMILES string of the molecule is CCCCCCCCCC(CCCCCCC)CO[C@@H]1O[C@H](COS(=O)(=O)O)[C@@H](O)[C@H](O)[C@H]1O. The van der Waals surface area contributed by atoms with E-state index >= 15 is 0 Å². The van der Waals surface area contributed by atoms with Gasteiger partial charge >= 0.3 is 10.4 Å². The third-order valence-corrected chi connectivity index (χ3v) is 6.91. The number of aliphatic hydroxyl groups excluding tert-OH is 3. The van der Waals surface area contributed by atoms with Crippen LogP contribution >= 0.6 is 0 Å². The van der Waals surface area contributed by atoms with Crippen LogP contribution in [0.3, 0.4) is 0 Å². The Bertz CT molecular complexity index is 601. The normalized spacial score (nSPS) is 26.6. The molecule has 1 saturated heterocycles. The minimum Gasteiger partial charge on any atom is -0.387 e. The Labute approximate surface area is 206 Å². The highest BCUT2D eigenvalue weighted by molar-refractivity contribution is 7.80. The summed E-state index contributed by atoms with van der Waals surface area (Å²) < 4.78 is 46.0. The van der Waals surface area contributed by atoms with Gasteiger partial charge in [-0.2, -0.15) is 8.42 Å². The van der Waals surface area contributed by atoms with Crippen LogP contribution in [0.25, 0.3) is 0 Å². The minimum absolute atomic E-state index is 0.282. The largest absolute Gasteiger partial charge is 0.397 e. The lowest BCUT2D eigenvalue weighted by Gasteiger charge is -2.40.